The first-order chi connectivity index (χ1) is 28.5. The summed E-state index contributed by atoms with van der Waals surface area (Å²) >= 11 is 0. The van der Waals surface area contributed by atoms with Crippen molar-refractivity contribution in [3.05, 3.63) is 182 Å². The fraction of sp³-hybridized carbons (Fsp3) is 0. The van der Waals surface area contributed by atoms with Crippen molar-refractivity contribution in [2.24, 2.45) is 0 Å². The van der Waals surface area contributed by atoms with Gasteiger partial charge in [0.05, 0.1) is 4.11 Å². The summed E-state index contributed by atoms with van der Waals surface area (Å²) < 4.78 is 36.9. The second-order valence-corrected chi connectivity index (χ2v) is 14.9. The van der Waals surface area contributed by atoms with E-state index in [1.54, 1.807) is 0 Å². The first-order valence-corrected chi connectivity index (χ1v) is 18.8. The maximum absolute atomic E-state index is 10.2. The maximum atomic E-state index is 10.2. The molecule has 0 atom stereocenters. The van der Waals surface area contributed by atoms with Gasteiger partial charge in [-0.25, -0.2) is 0 Å². The molecule has 0 radical (unpaired) electrons. The molecule has 1 aromatic heterocycles. The number of benzene rings is 12. The van der Waals surface area contributed by atoms with Crippen LogP contribution in [0.15, 0.2) is 186 Å². The minimum Gasteiger partial charge on any atom is -0.455 e. The van der Waals surface area contributed by atoms with Crippen LogP contribution in [0.2, 0.25) is 0 Å². The van der Waals surface area contributed by atoms with Gasteiger partial charge in [-0.3, -0.25) is 0 Å². The summed E-state index contributed by atoms with van der Waals surface area (Å²) in [4.78, 5) is 0. The van der Waals surface area contributed by atoms with Crippen molar-refractivity contribution in [3.8, 4) is 33.4 Å². The Kier molecular flexibility index (Phi) is 5.15. The third kappa shape index (κ3) is 4.07. The molecule has 0 aliphatic carbocycles. The summed E-state index contributed by atoms with van der Waals surface area (Å²) in [5.41, 5.74) is 5.51. The summed E-state index contributed by atoms with van der Waals surface area (Å²) in [6.45, 7) is 0. The number of hydrogen-bond acceptors (Lipinski definition) is 1. The molecule has 0 saturated carbocycles. The first-order valence-electron chi connectivity index (χ1n) is 20.3. The van der Waals surface area contributed by atoms with Gasteiger partial charge in [0.25, 0.3) is 0 Å². The molecule has 1 heterocycles. The van der Waals surface area contributed by atoms with Gasteiger partial charge in [-0.15, -0.1) is 0 Å². The van der Waals surface area contributed by atoms with Gasteiger partial charge in [-0.05, 0) is 140 Å². The van der Waals surface area contributed by atoms with E-state index in [4.69, 9.17) is 4.42 Å². The quantitative estimate of drug-likeness (QED) is 0.168. The lowest BCUT2D eigenvalue weighted by molar-refractivity contribution is 0.672. The summed E-state index contributed by atoms with van der Waals surface area (Å²) in [6.07, 6.45) is 0. The molecular weight excluding hydrogens is 665 g/mol. The third-order valence-corrected chi connectivity index (χ3v) is 12.0. The Hall–Kier alpha value is -7.22. The van der Waals surface area contributed by atoms with Crippen LogP contribution in [0.4, 0.5) is 0 Å². The summed E-state index contributed by atoms with van der Waals surface area (Å²) in [5, 5.41) is 17.6. The highest BCUT2D eigenvalue weighted by Crippen LogP contribution is 2.45. The van der Waals surface area contributed by atoms with Crippen LogP contribution in [-0.4, -0.2) is 0 Å². The van der Waals surface area contributed by atoms with Gasteiger partial charge in [0.1, 0.15) is 11.2 Å². The number of hydrogen-bond donors (Lipinski definition) is 0. The molecule has 1 heteroatoms. The maximum Gasteiger partial charge on any atom is 0.143 e. The predicted molar refractivity (Wildman–Crippen MR) is 235 cm³/mol. The molecule has 12 aromatic carbocycles. The van der Waals surface area contributed by atoms with Crippen molar-refractivity contribution in [3.63, 3.8) is 0 Å². The summed E-state index contributed by atoms with van der Waals surface area (Å²) in [7, 11) is 0. The van der Waals surface area contributed by atoms with Gasteiger partial charge in [-0.2, -0.15) is 0 Å². The Balaban J connectivity index is 1.16. The molecule has 0 bridgehead atoms. The van der Waals surface area contributed by atoms with E-state index in [9.17, 15) is 4.11 Å². The molecular formula is C54H30O. The minimum absolute atomic E-state index is 0.170. The van der Waals surface area contributed by atoms with Gasteiger partial charge in [0.2, 0.25) is 0 Å². The summed E-state index contributed by atoms with van der Waals surface area (Å²) in [5.74, 6) is 0. The normalized spacial score (nSPS) is 13.1. The Morgan fingerprint density at radius 1 is 0.309 bits per heavy atom. The molecule has 1 nitrogen and oxygen atoms in total. The summed E-state index contributed by atoms with van der Waals surface area (Å²) in [6, 6.07) is 57.5. The van der Waals surface area contributed by atoms with Crippen molar-refractivity contribution in [2.45, 2.75) is 0 Å². The van der Waals surface area contributed by atoms with Crippen LogP contribution < -0.4 is 0 Å². The Morgan fingerprint density at radius 3 is 1.40 bits per heavy atom. The standard InChI is InChI=1S/C54H30O/c1-2-10-44-31(5-1)15-25-47-48-30-38(20-26-49(48)55-54(44)47)39-27-40(42-21-16-36-13-11-32-6-3-8-34-18-23-45(42)52(36)50(32)34)29-41(28-39)43-22-17-37-14-12-33-7-4-9-35-19-24-46(43)53(37)51(33)35/h1-30H/i27D,28D,29D. The predicted octanol–water partition coefficient (Wildman–Crippen LogP) is 15.5. The van der Waals surface area contributed by atoms with E-state index in [0.717, 1.165) is 103 Å². The molecule has 0 amide bonds. The lowest BCUT2D eigenvalue weighted by Crippen LogP contribution is -1.91. The molecule has 0 fully saturated rings. The van der Waals surface area contributed by atoms with Crippen molar-refractivity contribution in [1.82, 2.24) is 0 Å². The van der Waals surface area contributed by atoms with E-state index in [2.05, 4.69) is 140 Å². The van der Waals surface area contributed by atoms with Crippen molar-refractivity contribution >= 4 is 97.3 Å². The molecule has 0 N–H and O–H groups in total. The average molecular weight is 698 g/mol. The van der Waals surface area contributed by atoms with Crippen LogP contribution in [0.25, 0.3) is 131 Å². The van der Waals surface area contributed by atoms with E-state index in [1.807, 2.05) is 24.3 Å². The fourth-order valence-electron chi connectivity index (χ4n) is 9.45. The zero-order chi connectivity index (χ0) is 38.4. The largest absolute Gasteiger partial charge is 0.455 e. The third-order valence-electron chi connectivity index (χ3n) is 12.0. The van der Waals surface area contributed by atoms with Gasteiger partial charge in [0.15, 0.2) is 0 Å². The lowest BCUT2D eigenvalue weighted by atomic mass is 9.86. The van der Waals surface area contributed by atoms with E-state index in [0.29, 0.717) is 16.7 Å². The molecule has 0 unspecified atom stereocenters. The molecule has 0 saturated heterocycles. The molecule has 13 aromatic rings. The zero-order valence-electron chi connectivity index (χ0n) is 32.5. The molecule has 13 rings (SSSR count). The zero-order valence-corrected chi connectivity index (χ0v) is 29.5. The number of rotatable bonds is 3. The van der Waals surface area contributed by atoms with Crippen LogP contribution in [0.5, 0.6) is 0 Å². The Bertz CT molecular complexity index is 3690. The SMILES string of the molecule is [2H]c1c(-c2ccc3oc4c5ccccc5ccc4c3c2)c([2H])c(-c2ccc3ccc4cccc5ccc2c3c45)c([2H])c1-c1ccc2ccc3cccc4ccc1c2c34. The van der Waals surface area contributed by atoms with Gasteiger partial charge in [-0.1, -0.05) is 146 Å². The monoisotopic (exact) mass is 697 g/mol. The minimum atomic E-state index is 0.170. The average Bonchev–Trinajstić information content (AvgIpc) is 3.64. The fourth-order valence-corrected chi connectivity index (χ4v) is 9.45. The Morgan fingerprint density at radius 2 is 0.782 bits per heavy atom. The smallest absolute Gasteiger partial charge is 0.143 e. The highest BCUT2D eigenvalue weighted by Gasteiger charge is 2.18. The van der Waals surface area contributed by atoms with Crippen LogP contribution in [0, 0.1) is 0 Å². The molecule has 0 spiro atoms. The molecule has 252 valence electrons. The van der Waals surface area contributed by atoms with E-state index in [-0.39, 0.29) is 18.1 Å². The highest BCUT2D eigenvalue weighted by molar-refractivity contribution is 6.27. The molecule has 0 aliphatic heterocycles. The van der Waals surface area contributed by atoms with Gasteiger partial charge in [0, 0.05) is 16.2 Å². The first kappa shape index (κ1) is 26.5. The molecule has 0 aliphatic rings. The van der Waals surface area contributed by atoms with Gasteiger partial charge >= 0.3 is 0 Å². The number of fused-ring (bicyclic) bond motifs is 5. The van der Waals surface area contributed by atoms with Crippen molar-refractivity contribution in [1.29, 1.82) is 0 Å². The van der Waals surface area contributed by atoms with E-state index < -0.39 is 0 Å². The highest BCUT2D eigenvalue weighted by atomic mass is 16.3. The van der Waals surface area contributed by atoms with E-state index in [1.165, 1.54) is 10.8 Å². The van der Waals surface area contributed by atoms with E-state index >= 15 is 0 Å². The van der Waals surface area contributed by atoms with Crippen LogP contribution in [0.1, 0.15) is 4.11 Å². The number of furan rings is 1. The molecule has 55 heavy (non-hydrogen) atoms. The van der Waals surface area contributed by atoms with Crippen LogP contribution >= 0.6 is 0 Å². The lowest BCUT2D eigenvalue weighted by Gasteiger charge is -2.18. The Labute approximate surface area is 320 Å². The topological polar surface area (TPSA) is 13.1 Å². The van der Waals surface area contributed by atoms with Crippen LogP contribution in [0.3, 0.4) is 0 Å². The van der Waals surface area contributed by atoms with Crippen LogP contribution in [-0.2, 0) is 0 Å². The van der Waals surface area contributed by atoms with Crippen molar-refractivity contribution < 1.29 is 8.53 Å². The second kappa shape index (κ2) is 10.7. The van der Waals surface area contributed by atoms with Gasteiger partial charge < -0.3 is 4.42 Å². The van der Waals surface area contributed by atoms with Crippen molar-refractivity contribution in [2.75, 3.05) is 0 Å². The second-order valence-electron chi connectivity index (χ2n) is 14.9.